The van der Waals surface area contributed by atoms with Crippen LogP contribution in [-0.2, 0) is 5.54 Å². The normalized spacial score (nSPS) is 29.3. The van der Waals surface area contributed by atoms with Crippen molar-refractivity contribution in [2.24, 2.45) is 17.6 Å². The molecule has 0 heterocycles. The molecule has 2 rings (SSSR count). The summed E-state index contributed by atoms with van der Waals surface area (Å²) in [4.78, 5) is 0. The Morgan fingerprint density at radius 2 is 2.06 bits per heavy atom. The van der Waals surface area contributed by atoms with Gasteiger partial charge in [-0.2, -0.15) is 0 Å². The van der Waals surface area contributed by atoms with Gasteiger partial charge in [-0.15, -0.1) is 0 Å². The second-order valence-corrected chi connectivity index (χ2v) is 6.10. The maximum Gasteiger partial charge on any atom is 0.123 e. The Kier molecular flexibility index (Phi) is 4.06. The van der Waals surface area contributed by atoms with Crippen molar-refractivity contribution >= 4 is 0 Å². The zero-order valence-corrected chi connectivity index (χ0v) is 11.5. The smallest absolute Gasteiger partial charge is 0.123 e. The lowest BCUT2D eigenvalue weighted by molar-refractivity contribution is 0.325. The predicted octanol–water partition coefficient (Wildman–Crippen LogP) is 4.22. The van der Waals surface area contributed by atoms with Crippen LogP contribution in [0.1, 0.15) is 51.5 Å². The van der Waals surface area contributed by atoms with Crippen LogP contribution >= 0.6 is 0 Å². The molecule has 1 aliphatic carbocycles. The van der Waals surface area contributed by atoms with Crippen LogP contribution < -0.4 is 5.73 Å². The number of hydrogen-bond donors (Lipinski definition) is 1. The molecule has 0 aromatic heterocycles. The van der Waals surface area contributed by atoms with E-state index in [1.807, 2.05) is 6.07 Å². The molecular weight excluding hydrogens is 225 g/mol. The average molecular weight is 249 g/mol. The standard InChI is InChI=1S/C16H24FN/c1-12(2)13-5-4-9-16(18,10-8-13)14-6-3-7-15(17)11-14/h3,6-7,11-13H,4-5,8-10,18H2,1-2H3. The first kappa shape index (κ1) is 13.5. The number of nitrogens with two attached hydrogens (primary N) is 1. The highest BCUT2D eigenvalue weighted by Gasteiger charge is 2.31. The molecule has 2 N–H and O–H groups in total. The summed E-state index contributed by atoms with van der Waals surface area (Å²) in [6.07, 6.45) is 5.51. The van der Waals surface area contributed by atoms with Crippen LogP contribution in [-0.4, -0.2) is 0 Å². The molecule has 0 bridgehead atoms. The average Bonchev–Trinajstić information content (AvgIpc) is 2.52. The molecule has 0 saturated heterocycles. The summed E-state index contributed by atoms with van der Waals surface area (Å²) in [7, 11) is 0. The van der Waals surface area contributed by atoms with Crippen molar-refractivity contribution in [2.45, 2.75) is 51.5 Å². The highest BCUT2D eigenvalue weighted by atomic mass is 19.1. The lowest BCUT2D eigenvalue weighted by Crippen LogP contribution is -2.36. The van der Waals surface area contributed by atoms with E-state index in [4.69, 9.17) is 5.73 Å². The summed E-state index contributed by atoms with van der Waals surface area (Å²) in [5.74, 6) is 1.31. The van der Waals surface area contributed by atoms with Crippen LogP contribution in [0.25, 0.3) is 0 Å². The first-order valence-corrected chi connectivity index (χ1v) is 7.06. The van der Waals surface area contributed by atoms with Gasteiger partial charge in [0.2, 0.25) is 0 Å². The molecule has 1 aliphatic rings. The summed E-state index contributed by atoms with van der Waals surface area (Å²) in [5, 5.41) is 0. The fourth-order valence-corrected chi connectivity index (χ4v) is 3.15. The summed E-state index contributed by atoms with van der Waals surface area (Å²) < 4.78 is 13.3. The summed E-state index contributed by atoms with van der Waals surface area (Å²) in [6.45, 7) is 4.58. The molecule has 2 unspecified atom stereocenters. The third-order valence-electron chi connectivity index (χ3n) is 4.50. The lowest BCUT2D eigenvalue weighted by Gasteiger charge is -2.29. The van der Waals surface area contributed by atoms with Crippen molar-refractivity contribution in [3.8, 4) is 0 Å². The van der Waals surface area contributed by atoms with Gasteiger partial charge in [0.15, 0.2) is 0 Å². The van der Waals surface area contributed by atoms with Crippen molar-refractivity contribution in [2.75, 3.05) is 0 Å². The van der Waals surface area contributed by atoms with Gasteiger partial charge >= 0.3 is 0 Å². The molecule has 2 atom stereocenters. The first-order valence-electron chi connectivity index (χ1n) is 7.06. The lowest BCUT2D eigenvalue weighted by atomic mass is 9.82. The zero-order chi connectivity index (χ0) is 13.2. The van der Waals surface area contributed by atoms with Crippen molar-refractivity contribution in [1.82, 2.24) is 0 Å². The van der Waals surface area contributed by atoms with Crippen molar-refractivity contribution < 1.29 is 4.39 Å². The highest BCUT2D eigenvalue weighted by molar-refractivity contribution is 5.25. The first-order chi connectivity index (χ1) is 8.51. The Morgan fingerprint density at radius 3 is 2.72 bits per heavy atom. The fraction of sp³-hybridized carbons (Fsp3) is 0.625. The Balaban J connectivity index is 2.16. The van der Waals surface area contributed by atoms with E-state index >= 15 is 0 Å². The molecule has 1 fully saturated rings. The third kappa shape index (κ3) is 2.92. The van der Waals surface area contributed by atoms with E-state index in [0.29, 0.717) is 0 Å². The molecule has 100 valence electrons. The molecule has 18 heavy (non-hydrogen) atoms. The summed E-state index contributed by atoms with van der Waals surface area (Å²) >= 11 is 0. The summed E-state index contributed by atoms with van der Waals surface area (Å²) in [6, 6.07) is 6.83. The van der Waals surface area contributed by atoms with E-state index in [2.05, 4.69) is 13.8 Å². The van der Waals surface area contributed by atoms with Crippen molar-refractivity contribution in [3.63, 3.8) is 0 Å². The predicted molar refractivity (Wildman–Crippen MR) is 73.7 cm³/mol. The summed E-state index contributed by atoms with van der Waals surface area (Å²) in [5.41, 5.74) is 7.18. The van der Waals surface area contributed by atoms with Gasteiger partial charge in [-0.05, 0) is 48.8 Å². The van der Waals surface area contributed by atoms with Gasteiger partial charge in [-0.1, -0.05) is 38.8 Å². The largest absolute Gasteiger partial charge is 0.321 e. The monoisotopic (exact) mass is 249 g/mol. The highest BCUT2D eigenvalue weighted by Crippen LogP contribution is 2.38. The molecule has 0 spiro atoms. The van der Waals surface area contributed by atoms with Crippen molar-refractivity contribution in [3.05, 3.63) is 35.6 Å². The van der Waals surface area contributed by atoms with Crippen LogP contribution in [0.2, 0.25) is 0 Å². The number of hydrogen-bond acceptors (Lipinski definition) is 1. The Labute approximate surface area is 110 Å². The molecule has 0 amide bonds. The third-order valence-corrected chi connectivity index (χ3v) is 4.50. The van der Waals surface area contributed by atoms with Crippen LogP contribution in [0.5, 0.6) is 0 Å². The fourth-order valence-electron chi connectivity index (χ4n) is 3.15. The van der Waals surface area contributed by atoms with E-state index in [1.54, 1.807) is 12.1 Å². The number of halogens is 1. The Bertz CT molecular complexity index is 402. The van der Waals surface area contributed by atoms with Crippen LogP contribution in [0.3, 0.4) is 0 Å². The van der Waals surface area contributed by atoms with Gasteiger partial charge in [0.05, 0.1) is 0 Å². The second kappa shape index (κ2) is 5.40. The molecular formula is C16H24FN. The van der Waals surface area contributed by atoms with E-state index in [-0.39, 0.29) is 11.4 Å². The van der Waals surface area contributed by atoms with Crippen LogP contribution in [0, 0.1) is 17.7 Å². The van der Waals surface area contributed by atoms with E-state index < -0.39 is 0 Å². The minimum atomic E-state index is -0.328. The molecule has 1 aromatic rings. The topological polar surface area (TPSA) is 26.0 Å². The Morgan fingerprint density at radius 1 is 1.28 bits per heavy atom. The number of benzene rings is 1. The maximum absolute atomic E-state index is 13.3. The molecule has 0 radical (unpaired) electrons. The van der Waals surface area contributed by atoms with E-state index in [0.717, 1.165) is 43.1 Å². The minimum Gasteiger partial charge on any atom is -0.321 e. The zero-order valence-electron chi connectivity index (χ0n) is 11.5. The van der Waals surface area contributed by atoms with Crippen molar-refractivity contribution in [1.29, 1.82) is 0 Å². The number of rotatable bonds is 2. The SMILES string of the molecule is CC(C)C1CCCC(N)(c2cccc(F)c2)CC1. The van der Waals surface area contributed by atoms with Crippen LogP contribution in [0.15, 0.2) is 24.3 Å². The quantitative estimate of drug-likeness (QED) is 0.780. The van der Waals surface area contributed by atoms with Gasteiger partial charge in [-0.3, -0.25) is 0 Å². The molecule has 1 aromatic carbocycles. The molecule has 1 nitrogen and oxygen atoms in total. The van der Waals surface area contributed by atoms with Gasteiger partial charge in [0.1, 0.15) is 5.82 Å². The van der Waals surface area contributed by atoms with E-state index in [9.17, 15) is 4.39 Å². The second-order valence-electron chi connectivity index (χ2n) is 6.10. The van der Waals surface area contributed by atoms with Gasteiger partial charge in [-0.25, -0.2) is 4.39 Å². The molecule has 2 heteroatoms. The van der Waals surface area contributed by atoms with Crippen LogP contribution in [0.4, 0.5) is 4.39 Å². The van der Waals surface area contributed by atoms with Gasteiger partial charge < -0.3 is 5.73 Å². The van der Waals surface area contributed by atoms with E-state index in [1.165, 1.54) is 12.5 Å². The van der Waals surface area contributed by atoms with Gasteiger partial charge in [0.25, 0.3) is 0 Å². The molecule has 1 saturated carbocycles. The van der Waals surface area contributed by atoms with Gasteiger partial charge in [0, 0.05) is 5.54 Å². The minimum absolute atomic E-state index is 0.179. The molecule has 0 aliphatic heterocycles. The Hall–Kier alpha value is -0.890. The maximum atomic E-state index is 13.3.